The van der Waals surface area contributed by atoms with Gasteiger partial charge in [-0.05, 0) is 26.8 Å². The Morgan fingerprint density at radius 2 is 1.69 bits per heavy atom. The molecule has 0 saturated carbocycles. The summed E-state index contributed by atoms with van der Waals surface area (Å²) in [4.78, 5) is 22.0. The first kappa shape index (κ1) is 19.7. The molecule has 0 aliphatic carbocycles. The van der Waals surface area contributed by atoms with E-state index in [4.69, 9.17) is 4.74 Å². The molecule has 140 valence electrons. The molecule has 0 aliphatic rings. The maximum Gasteiger partial charge on any atom is 0.451 e. The van der Waals surface area contributed by atoms with Crippen molar-refractivity contribution >= 4 is 5.97 Å². The van der Waals surface area contributed by atoms with E-state index in [-0.39, 0.29) is 24.0 Å². The Morgan fingerprint density at radius 3 is 2.23 bits per heavy atom. The molecular weight excluding hydrogens is 354 g/mol. The molecule has 0 unspecified atom stereocenters. The summed E-state index contributed by atoms with van der Waals surface area (Å²) in [6, 6.07) is 1.35. The van der Waals surface area contributed by atoms with Gasteiger partial charge in [0, 0.05) is 35.6 Å². The van der Waals surface area contributed by atoms with Gasteiger partial charge in [-0.1, -0.05) is 0 Å². The third-order valence-electron chi connectivity index (χ3n) is 3.13. The van der Waals surface area contributed by atoms with E-state index in [0.29, 0.717) is 5.69 Å². The fraction of sp³-hybridized carbons (Fsp3) is 0.412. The van der Waals surface area contributed by atoms with Gasteiger partial charge in [0.05, 0.1) is 12.6 Å². The second-order valence-corrected chi connectivity index (χ2v) is 6.54. The van der Waals surface area contributed by atoms with E-state index in [0.717, 1.165) is 18.6 Å². The normalized spacial score (nSPS) is 12.1. The smallest absolute Gasteiger partial charge is 0.451 e. The van der Waals surface area contributed by atoms with Crippen molar-refractivity contribution in [1.82, 2.24) is 15.0 Å². The Labute approximate surface area is 147 Å². The predicted molar refractivity (Wildman–Crippen MR) is 84.4 cm³/mol. The van der Waals surface area contributed by atoms with Gasteiger partial charge in [0.2, 0.25) is 5.82 Å². The maximum absolute atomic E-state index is 14.0. The standard InChI is InChI=1S/C17H17F4N3O2/c1-16(2,3)26-14(25)5-4-11-6-12(13(18)9-22-11)10-7-23-15(24-8-10)17(19,20)21/h6-9H,4-5H2,1-3H3. The van der Waals surface area contributed by atoms with Gasteiger partial charge in [-0.3, -0.25) is 9.78 Å². The van der Waals surface area contributed by atoms with Crippen LogP contribution >= 0.6 is 0 Å². The minimum Gasteiger partial charge on any atom is -0.460 e. The van der Waals surface area contributed by atoms with E-state index < -0.39 is 29.4 Å². The molecule has 0 saturated heterocycles. The van der Waals surface area contributed by atoms with Crippen LogP contribution in [0, 0.1) is 5.82 Å². The molecule has 0 spiro atoms. The second-order valence-electron chi connectivity index (χ2n) is 6.54. The van der Waals surface area contributed by atoms with Crippen molar-refractivity contribution in [1.29, 1.82) is 0 Å². The largest absolute Gasteiger partial charge is 0.460 e. The van der Waals surface area contributed by atoms with Crippen LogP contribution < -0.4 is 0 Å². The van der Waals surface area contributed by atoms with E-state index in [1.807, 2.05) is 0 Å². The lowest BCUT2D eigenvalue weighted by Crippen LogP contribution is -2.24. The van der Waals surface area contributed by atoms with Crippen molar-refractivity contribution in [3.05, 3.63) is 42.0 Å². The van der Waals surface area contributed by atoms with E-state index in [1.165, 1.54) is 6.07 Å². The van der Waals surface area contributed by atoms with Crippen LogP contribution in [0.15, 0.2) is 24.7 Å². The molecule has 0 radical (unpaired) electrons. The highest BCUT2D eigenvalue weighted by Gasteiger charge is 2.34. The number of ether oxygens (including phenoxy) is 1. The number of hydrogen-bond donors (Lipinski definition) is 0. The minimum absolute atomic E-state index is 0.00733. The number of nitrogens with zero attached hydrogens (tertiary/aromatic N) is 3. The molecule has 0 aliphatic heterocycles. The summed E-state index contributed by atoms with van der Waals surface area (Å²) < 4.78 is 56.7. The summed E-state index contributed by atoms with van der Waals surface area (Å²) in [5, 5.41) is 0. The van der Waals surface area contributed by atoms with Crippen LogP contribution in [0.4, 0.5) is 17.6 Å². The lowest BCUT2D eigenvalue weighted by molar-refractivity contribution is -0.154. The topological polar surface area (TPSA) is 65.0 Å². The first-order chi connectivity index (χ1) is 12.0. The van der Waals surface area contributed by atoms with E-state index in [2.05, 4.69) is 15.0 Å². The van der Waals surface area contributed by atoms with Crippen molar-refractivity contribution < 1.29 is 27.1 Å². The zero-order valence-corrected chi connectivity index (χ0v) is 14.4. The average Bonchev–Trinajstić information content (AvgIpc) is 2.52. The Morgan fingerprint density at radius 1 is 1.08 bits per heavy atom. The van der Waals surface area contributed by atoms with Crippen molar-refractivity contribution in [3.63, 3.8) is 0 Å². The molecule has 2 aromatic rings. The van der Waals surface area contributed by atoms with Crippen LogP contribution in [0.3, 0.4) is 0 Å². The summed E-state index contributed by atoms with van der Waals surface area (Å²) in [7, 11) is 0. The monoisotopic (exact) mass is 371 g/mol. The van der Waals surface area contributed by atoms with Crippen LogP contribution in [0.2, 0.25) is 0 Å². The van der Waals surface area contributed by atoms with E-state index in [1.54, 1.807) is 20.8 Å². The molecule has 9 heteroatoms. The highest BCUT2D eigenvalue weighted by Crippen LogP contribution is 2.28. The molecular formula is C17H17F4N3O2. The quantitative estimate of drug-likeness (QED) is 0.601. The van der Waals surface area contributed by atoms with Crippen LogP contribution in [0.25, 0.3) is 11.1 Å². The number of hydrogen-bond acceptors (Lipinski definition) is 5. The zero-order chi connectivity index (χ0) is 19.5. The van der Waals surface area contributed by atoms with Gasteiger partial charge >= 0.3 is 12.1 Å². The van der Waals surface area contributed by atoms with Gasteiger partial charge in [0.15, 0.2) is 0 Å². The number of pyridine rings is 1. The summed E-state index contributed by atoms with van der Waals surface area (Å²) in [5.41, 5.74) is -0.132. The van der Waals surface area contributed by atoms with Crippen molar-refractivity contribution in [2.45, 2.75) is 45.4 Å². The van der Waals surface area contributed by atoms with Gasteiger partial charge in [0.1, 0.15) is 11.4 Å². The van der Waals surface area contributed by atoms with Crippen LogP contribution in [-0.2, 0) is 22.1 Å². The van der Waals surface area contributed by atoms with Crippen molar-refractivity contribution in [2.24, 2.45) is 0 Å². The summed E-state index contributed by atoms with van der Waals surface area (Å²) >= 11 is 0. The Bertz CT molecular complexity index is 784. The molecule has 2 heterocycles. The number of rotatable bonds is 4. The van der Waals surface area contributed by atoms with E-state index >= 15 is 0 Å². The second kappa shape index (κ2) is 7.35. The average molecular weight is 371 g/mol. The number of halogens is 4. The van der Waals surface area contributed by atoms with Crippen LogP contribution in [0.1, 0.15) is 38.7 Å². The van der Waals surface area contributed by atoms with Crippen LogP contribution in [-0.4, -0.2) is 26.5 Å². The summed E-state index contributed by atoms with van der Waals surface area (Å²) in [6.07, 6.45) is -1.70. The molecule has 0 fully saturated rings. The number of alkyl halides is 3. The molecule has 0 bridgehead atoms. The van der Waals surface area contributed by atoms with Gasteiger partial charge in [-0.25, -0.2) is 14.4 Å². The van der Waals surface area contributed by atoms with Gasteiger partial charge in [-0.2, -0.15) is 13.2 Å². The number of aromatic nitrogens is 3. The highest BCUT2D eigenvalue weighted by atomic mass is 19.4. The summed E-state index contributed by atoms with van der Waals surface area (Å²) in [5.74, 6) is -2.46. The number of carbonyl (C=O) groups is 1. The summed E-state index contributed by atoms with van der Waals surface area (Å²) in [6.45, 7) is 5.22. The predicted octanol–water partition coefficient (Wildman–Crippen LogP) is 3.97. The first-order valence-corrected chi connectivity index (χ1v) is 7.71. The molecule has 2 rings (SSSR count). The fourth-order valence-corrected chi connectivity index (χ4v) is 2.08. The maximum atomic E-state index is 14.0. The molecule has 2 aromatic heterocycles. The molecule has 0 amide bonds. The minimum atomic E-state index is -4.67. The SMILES string of the molecule is CC(C)(C)OC(=O)CCc1cc(-c2cnc(C(F)(F)F)nc2)c(F)cn1. The van der Waals surface area contributed by atoms with E-state index in [9.17, 15) is 22.4 Å². The Kier molecular flexibility index (Phi) is 5.58. The lowest BCUT2D eigenvalue weighted by Gasteiger charge is -2.19. The molecule has 0 N–H and O–H groups in total. The number of aryl methyl sites for hydroxylation is 1. The van der Waals surface area contributed by atoms with Gasteiger partial charge in [-0.15, -0.1) is 0 Å². The third kappa shape index (κ3) is 5.47. The van der Waals surface area contributed by atoms with Gasteiger partial charge in [0.25, 0.3) is 0 Å². The van der Waals surface area contributed by atoms with Crippen molar-refractivity contribution in [3.8, 4) is 11.1 Å². The number of carbonyl (C=O) groups excluding carboxylic acids is 1. The third-order valence-corrected chi connectivity index (χ3v) is 3.13. The Hall–Kier alpha value is -2.58. The highest BCUT2D eigenvalue weighted by molar-refractivity contribution is 5.70. The molecule has 0 atom stereocenters. The number of esters is 1. The first-order valence-electron chi connectivity index (χ1n) is 7.71. The molecule has 26 heavy (non-hydrogen) atoms. The molecule has 5 nitrogen and oxygen atoms in total. The van der Waals surface area contributed by atoms with Crippen molar-refractivity contribution in [2.75, 3.05) is 0 Å². The lowest BCUT2D eigenvalue weighted by atomic mass is 10.1. The van der Waals surface area contributed by atoms with Crippen LogP contribution in [0.5, 0.6) is 0 Å². The zero-order valence-electron chi connectivity index (χ0n) is 14.4. The van der Waals surface area contributed by atoms with Gasteiger partial charge < -0.3 is 4.74 Å². The Balaban J connectivity index is 2.16. The fourth-order valence-electron chi connectivity index (χ4n) is 2.08. The molecule has 0 aromatic carbocycles.